The van der Waals surface area contributed by atoms with Crippen LogP contribution in [-0.4, -0.2) is 18.8 Å². The van der Waals surface area contributed by atoms with Gasteiger partial charge in [0.1, 0.15) is 0 Å². The third kappa shape index (κ3) is 4.76. The van der Waals surface area contributed by atoms with Gasteiger partial charge in [0.15, 0.2) is 0 Å². The van der Waals surface area contributed by atoms with Gasteiger partial charge in [-0.15, -0.1) is 0 Å². The molecule has 3 N–H and O–H groups in total. The van der Waals surface area contributed by atoms with Crippen LogP contribution in [0.25, 0.3) is 0 Å². The Hall–Kier alpha value is -0.420. The molecule has 4 heteroatoms. The average Bonchev–Trinajstić information content (AvgIpc) is 2.33. The van der Waals surface area contributed by atoms with Crippen molar-refractivity contribution in [2.45, 2.75) is 38.8 Å². The molecular weight excluding hydrogens is 280 g/mol. The van der Waals surface area contributed by atoms with Crippen LogP contribution in [0.5, 0.6) is 0 Å². The van der Waals surface area contributed by atoms with E-state index < -0.39 is 0 Å². The molecule has 0 saturated carbocycles. The van der Waals surface area contributed by atoms with E-state index in [0.717, 1.165) is 23.9 Å². The second kappa shape index (κ2) is 7.82. The summed E-state index contributed by atoms with van der Waals surface area (Å²) in [6.45, 7) is 4.84. The fourth-order valence-corrected chi connectivity index (χ4v) is 2.39. The predicted octanol–water partition coefficient (Wildman–Crippen LogP) is 2.64. The smallest absolute Gasteiger partial charge is 0.0741 e. The number of benzene rings is 1. The number of hydrogen-bond acceptors (Lipinski definition) is 3. The maximum Gasteiger partial charge on any atom is 0.0741 e. The van der Waals surface area contributed by atoms with E-state index in [-0.39, 0.29) is 12.1 Å². The number of hydrogen-bond donors (Lipinski definition) is 2. The maximum absolute atomic E-state index is 5.69. The molecule has 0 aliphatic carbocycles. The van der Waals surface area contributed by atoms with Gasteiger partial charge in [0, 0.05) is 11.1 Å². The quantitative estimate of drug-likeness (QED) is 0.601. The summed E-state index contributed by atoms with van der Waals surface area (Å²) >= 11 is 3.48. The van der Waals surface area contributed by atoms with E-state index in [1.807, 2.05) is 19.1 Å². The Morgan fingerprint density at radius 3 is 2.71 bits per heavy atom. The zero-order valence-electron chi connectivity index (χ0n) is 10.4. The summed E-state index contributed by atoms with van der Waals surface area (Å²) in [5.74, 6) is 5.62. The first-order valence-corrected chi connectivity index (χ1v) is 6.82. The molecule has 0 amide bonds. The van der Waals surface area contributed by atoms with Gasteiger partial charge in [0.05, 0.1) is 12.1 Å². The van der Waals surface area contributed by atoms with E-state index in [0.29, 0.717) is 0 Å². The van der Waals surface area contributed by atoms with E-state index in [9.17, 15) is 0 Å². The SMILES string of the molecule is CCOC(CC)C(Cc1cccc(Br)c1)NN. The summed E-state index contributed by atoms with van der Waals surface area (Å²) in [5.41, 5.74) is 4.12. The first-order chi connectivity index (χ1) is 8.21. The van der Waals surface area contributed by atoms with Crippen LogP contribution in [0.3, 0.4) is 0 Å². The van der Waals surface area contributed by atoms with E-state index in [1.165, 1.54) is 5.56 Å². The Morgan fingerprint density at radius 1 is 1.41 bits per heavy atom. The summed E-state index contributed by atoms with van der Waals surface area (Å²) < 4.78 is 6.79. The molecule has 2 atom stereocenters. The van der Waals surface area contributed by atoms with Gasteiger partial charge in [0.25, 0.3) is 0 Å². The fraction of sp³-hybridized carbons (Fsp3) is 0.538. The van der Waals surface area contributed by atoms with Gasteiger partial charge in [-0.2, -0.15) is 0 Å². The summed E-state index contributed by atoms with van der Waals surface area (Å²) in [4.78, 5) is 0. The standard InChI is InChI=1S/C13H21BrN2O/c1-3-13(17-4-2)12(16-15)9-10-6-5-7-11(14)8-10/h5-8,12-13,16H,3-4,9,15H2,1-2H3. The van der Waals surface area contributed by atoms with Crippen molar-refractivity contribution in [3.8, 4) is 0 Å². The van der Waals surface area contributed by atoms with Gasteiger partial charge in [0.2, 0.25) is 0 Å². The van der Waals surface area contributed by atoms with Crippen molar-refractivity contribution in [2.24, 2.45) is 5.84 Å². The molecule has 0 aliphatic rings. The number of nitrogens with one attached hydrogen (secondary N) is 1. The minimum absolute atomic E-state index is 0.147. The van der Waals surface area contributed by atoms with Crippen molar-refractivity contribution in [1.29, 1.82) is 0 Å². The second-order valence-corrected chi connectivity index (χ2v) is 4.92. The Kier molecular flexibility index (Phi) is 6.73. The molecule has 3 nitrogen and oxygen atoms in total. The van der Waals surface area contributed by atoms with Crippen LogP contribution >= 0.6 is 15.9 Å². The van der Waals surface area contributed by atoms with Gasteiger partial charge in [-0.25, -0.2) is 0 Å². The van der Waals surface area contributed by atoms with Crippen molar-refractivity contribution in [3.05, 3.63) is 34.3 Å². The second-order valence-electron chi connectivity index (χ2n) is 4.01. The molecule has 2 unspecified atom stereocenters. The third-order valence-corrected chi connectivity index (χ3v) is 3.28. The Labute approximate surface area is 112 Å². The number of nitrogens with two attached hydrogens (primary N) is 1. The summed E-state index contributed by atoms with van der Waals surface area (Å²) in [6, 6.07) is 8.42. The summed E-state index contributed by atoms with van der Waals surface area (Å²) in [7, 11) is 0. The van der Waals surface area contributed by atoms with Gasteiger partial charge in [-0.3, -0.25) is 11.3 Å². The van der Waals surface area contributed by atoms with Gasteiger partial charge in [-0.1, -0.05) is 35.0 Å². The Bertz CT molecular complexity index is 333. The zero-order valence-corrected chi connectivity index (χ0v) is 12.0. The van der Waals surface area contributed by atoms with Crippen molar-refractivity contribution >= 4 is 15.9 Å². The maximum atomic E-state index is 5.69. The molecule has 0 saturated heterocycles. The lowest BCUT2D eigenvalue weighted by Gasteiger charge is -2.25. The average molecular weight is 301 g/mol. The molecule has 0 spiro atoms. The van der Waals surface area contributed by atoms with E-state index >= 15 is 0 Å². The molecule has 1 rings (SSSR count). The van der Waals surface area contributed by atoms with Crippen LogP contribution in [0.4, 0.5) is 0 Å². The lowest BCUT2D eigenvalue weighted by Crippen LogP contribution is -2.46. The Morgan fingerprint density at radius 2 is 2.18 bits per heavy atom. The topological polar surface area (TPSA) is 47.3 Å². The first kappa shape index (κ1) is 14.6. The lowest BCUT2D eigenvalue weighted by atomic mass is 10.0. The van der Waals surface area contributed by atoms with E-state index in [1.54, 1.807) is 0 Å². The summed E-state index contributed by atoms with van der Waals surface area (Å²) in [5, 5.41) is 0. The lowest BCUT2D eigenvalue weighted by molar-refractivity contribution is 0.0319. The molecule has 1 aromatic rings. The van der Waals surface area contributed by atoms with Gasteiger partial charge in [-0.05, 0) is 37.5 Å². The van der Waals surface area contributed by atoms with Gasteiger partial charge >= 0.3 is 0 Å². The number of hydrazine groups is 1. The molecule has 0 bridgehead atoms. The van der Waals surface area contributed by atoms with E-state index in [2.05, 4.69) is 40.4 Å². The van der Waals surface area contributed by atoms with Crippen LogP contribution in [0, 0.1) is 0 Å². The highest BCUT2D eigenvalue weighted by Crippen LogP contribution is 2.15. The molecule has 0 radical (unpaired) electrons. The largest absolute Gasteiger partial charge is 0.377 e. The fourth-order valence-electron chi connectivity index (χ4n) is 1.95. The van der Waals surface area contributed by atoms with Crippen molar-refractivity contribution in [2.75, 3.05) is 6.61 Å². The minimum atomic E-state index is 0.147. The molecule has 1 aromatic carbocycles. The highest BCUT2D eigenvalue weighted by atomic mass is 79.9. The monoisotopic (exact) mass is 300 g/mol. The number of halogens is 1. The number of rotatable bonds is 7. The van der Waals surface area contributed by atoms with Crippen LogP contribution in [0.15, 0.2) is 28.7 Å². The van der Waals surface area contributed by atoms with Gasteiger partial charge < -0.3 is 4.74 Å². The summed E-state index contributed by atoms with van der Waals surface area (Å²) in [6.07, 6.45) is 1.98. The highest BCUT2D eigenvalue weighted by Gasteiger charge is 2.19. The predicted molar refractivity (Wildman–Crippen MR) is 74.7 cm³/mol. The van der Waals surface area contributed by atoms with Crippen LogP contribution < -0.4 is 11.3 Å². The Balaban J connectivity index is 2.68. The van der Waals surface area contributed by atoms with Crippen molar-refractivity contribution in [3.63, 3.8) is 0 Å². The highest BCUT2D eigenvalue weighted by molar-refractivity contribution is 9.10. The molecule has 96 valence electrons. The first-order valence-electron chi connectivity index (χ1n) is 6.03. The molecule has 0 aliphatic heterocycles. The van der Waals surface area contributed by atoms with Crippen LogP contribution in [0.1, 0.15) is 25.8 Å². The molecule has 17 heavy (non-hydrogen) atoms. The van der Waals surface area contributed by atoms with Crippen molar-refractivity contribution in [1.82, 2.24) is 5.43 Å². The zero-order chi connectivity index (χ0) is 12.7. The van der Waals surface area contributed by atoms with E-state index in [4.69, 9.17) is 10.6 Å². The molecule has 0 aromatic heterocycles. The van der Waals surface area contributed by atoms with Crippen LogP contribution in [-0.2, 0) is 11.2 Å². The minimum Gasteiger partial charge on any atom is -0.377 e. The van der Waals surface area contributed by atoms with Crippen molar-refractivity contribution < 1.29 is 4.74 Å². The molecule has 0 fully saturated rings. The normalized spacial score (nSPS) is 14.6. The molecular formula is C13H21BrN2O. The molecule has 0 heterocycles. The number of ether oxygens (including phenoxy) is 1. The third-order valence-electron chi connectivity index (χ3n) is 2.79. The van der Waals surface area contributed by atoms with Crippen LogP contribution in [0.2, 0.25) is 0 Å².